The first-order valence-corrected chi connectivity index (χ1v) is 7.58. The van der Waals surface area contributed by atoms with Crippen molar-refractivity contribution in [1.29, 1.82) is 0 Å². The summed E-state index contributed by atoms with van der Waals surface area (Å²) in [5.74, 6) is 0.244. The number of H-pyrrole nitrogens is 1. The van der Waals surface area contributed by atoms with Crippen molar-refractivity contribution >= 4 is 16.8 Å². The van der Waals surface area contributed by atoms with Crippen LogP contribution in [0.25, 0.3) is 10.9 Å². The summed E-state index contributed by atoms with van der Waals surface area (Å²) in [7, 11) is 2.11. The largest absolute Gasteiger partial charge is 0.358 e. The van der Waals surface area contributed by atoms with Crippen molar-refractivity contribution in [2.75, 3.05) is 33.2 Å². The van der Waals surface area contributed by atoms with Gasteiger partial charge in [0.2, 0.25) is 5.91 Å². The zero-order valence-electron chi connectivity index (χ0n) is 13.1. The first kappa shape index (κ1) is 14.1. The van der Waals surface area contributed by atoms with Gasteiger partial charge in [-0.1, -0.05) is 11.6 Å². The second-order valence-electron chi connectivity index (χ2n) is 6.14. The first-order valence-electron chi connectivity index (χ1n) is 7.58. The number of nitrogens with zero attached hydrogens (tertiary/aromatic N) is 2. The molecule has 1 amide bonds. The summed E-state index contributed by atoms with van der Waals surface area (Å²) in [5.41, 5.74) is 4.62. The Hall–Kier alpha value is -1.81. The number of benzene rings is 1. The number of likely N-dealkylation sites (N-methyl/N-ethyl adjacent to an activating group) is 1. The van der Waals surface area contributed by atoms with Gasteiger partial charge in [0.15, 0.2) is 0 Å². The lowest BCUT2D eigenvalue weighted by atomic mass is 10.0. The highest BCUT2D eigenvalue weighted by molar-refractivity contribution is 5.90. The highest BCUT2D eigenvalue weighted by atomic mass is 16.2. The fourth-order valence-corrected chi connectivity index (χ4v) is 3.04. The van der Waals surface area contributed by atoms with E-state index in [9.17, 15) is 4.79 Å². The molecule has 0 spiro atoms. The van der Waals surface area contributed by atoms with Crippen LogP contribution in [-0.2, 0) is 11.2 Å². The normalized spacial score (nSPS) is 16.6. The Kier molecular flexibility index (Phi) is 3.72. The number of fused-ring (bicyclic) bond motifs is 1. The van der Waals surface area contributed by atoms with Crippen LogP contribution in [0.15, 0.2) is 18.2 Å². The van der Waals surface area contributed by atoms with E-state index >= 15 is 0 Å². The molecule has 2 heterocycles. The lowest BCUT2D eigenvalue weighted by molar-refractivity contribution is -0.132. The Bertz CT molecular complexity index is 666. The SMILES string of the molecule is Cc1ccc2[nH]c(C)c(CC(=O)N3CCN(C)CC3)c2c1. The molecule has 1 aliphatic rings. The van der Waals surface area contributed by atoms with Crippen molar-refractivity contribution in [3.05, 3.63) is 35.0 Å². The minimum Gasteiger partial charge on any atom is -0.358 e. The number of piperazine rings is 1. The standard InChI is InChI=1S/C17H23N3O/c1-12-4-5-16-15(10-12)14(13(2)18-16)11-17(21)20-8-6-19(3)7-9-20/h4-5,10,18H,6-9,11H2,1-3H3. The molecule has 21 heavy (non-hydrogen) atoms. The molecule has 3 rings (SSSR count). The summed E-state index contributed by atoms with van der Waals surface area (Å²) >= 11 is 0. The van der Waals surface area contributed by atoms with Crippen LogP contribution in [0.4, 0.5) is 0 Å². The lowest BCUT2D eigenvalue weighted by Crippen LogP contribution is -2.47. The molecule has 1 aromatic heterocycles. The highest BCUT2D eigenvalue weighted by Crippen LogP contribution is 2.24. The molecule has 1 aromatic carbocycles. The third-order valence-electron chi connectivity index (χ3n) is 4.46. The number of hydrogen-bond donors (Lipinski definition) is 1. The minimum absolute atomic E-state index is 0.244. The van der Waals surface area contributed by atoms with Crippen molar-refractivity contribution in [3.8, 4) is 0 Å². The Morgan fingerprint density at radius 2 is 1.90 bits per heavy atom. The predicted molar refractivity (Wildman–Crippen MR) is 85.6 cm³/mol. The number of carbonyl (C=O) groups excluding carboxylic acids is 1. The van der Waals surface area contributed by atoms with Gasteiger partial charge in [0.25, 0.3) is 0 Å². The van der Waals surface area contributed by atoms with Gasteiger partial charge in [-0.15, -0.1) is 0 Å². The van der Waals surface area contributed by atoms with Gasteiger partial charge in [-0.25, -0.2) is 0 Å². The second-order valence-corrected chi connectivity index (χ2v) is 6.14. The van der Waals surface area contributed by atoms with E-state index < -0.39 is 0 Å². The van der Waals surface area contributed by atoms with Crippen molar-refractivity contribution in [1.82, 2.24) is 14.8 Å². The number of aromatic amines is 1. The Labute approximate surface area is 125 Å². The summed E-state index contributed by atoms with van der Waals surface area (Å²) in [5, 5.41) is 1.19. The zero-order valence-corrected chi connectivity index (χ0v) is 13.1. The quantitative estimate of drug-likeness (QED) is 0.918. The molecule has 0 aliphatic carbocycles. The molecule has 0 saturated carbocycles. The van der Waals surface area contributed by atoms with Gasteiger partial charge in [0, 0.05) is 42.8 Å². The summed E-state index contributed by atoms with van der Waals surface area (Å²) in [6.45, 7) is 7.77. The van der Waals surface area contributed by atoms with Crippen LogP contribution in [0, 0.1) is 13.8 Å². The van der Waals surface area contributed by atoms with Crippen LogP contribution in [0.3, 0.4) is 0 Å². The maximum absolute atomic E-state index is 12.5. The third-order valence-corrected chi connectivity index (χ3v) is 4.46. The van der Waals surface area contributed by atoms with Crippen LogP contribution in [-0.4, -0.2) is 53.9 Å². The van der Waals surface area contributed by atoms with E-state index in [2.05, 4.69) is 49.0 Å². The molecular weight excluding hydrogens is 262 g/mol. The smallest absolute Gasteiger partial charge is 0.227 e. The van der Waals surface area contributed by atoms with E-state index in [0.717, 1.165) is 43.0 Å². The van der Waals surface area contributed by atoms with E-state index in [-0.39, 0.29) is 5.91 Å². The van der Waals surface area contributed by atoms with Gasteiger partial charge in [0.1, 0.15) is 0 Å². The Morgan fingerprint density at radius 3 is 2.62 bits per heavy atom. The number of amides is 1. The van der Waals surface area contributed by atoms with Crippen molar-refractivity contribution in [2.24, 2.45) is 0 Å². The average molecular weight is 285 g/mol. The topological polar surface area (TPSA) is 39.3 Å². The van der Waals surface area contributed by atoms with Crippen molar-refractivity contribution in [3.63, 3.8) is 0 Å². The summed E-state index contributed by atoms with van der Waals surface area (Å²) < 4.78 is 0. The average Bonchev–Trinajstić information content (AvgIpc) is 2.76. The van der Waals surface area contributed by atoms with Crippen LogP contribution >= 0.6 is 0 Å². The molecule has 0 bridgehead atoms. The molecule has 2 aromatic rings. The van der Waals surface area contributed by atoms with Gasteiger partial charge >= 0.3 is 0 Å². The Balaban J connectivity index is 1.82. The van der Waals surface area contributed by atoms with Crippen molar-refractivity contribution in [2.45, 2.75) is 20.3 Å². The van der Waals surface area contributed by atoms with E-state index in [1.807, 2.05) is 4.90 Å². The number of nitrogens with one attached hydrogen (secondary N) is 1. The monoisotopic (exact) mass is 285 g/mol. The molecule has 0 radical (unpaired) electrons. The summed E-state index contributed by atoms with van der Waals surface area (Å²) in [6.07, 6.45) is 0.499. The van der Waals surface area contributed by atoms with Crippen LogP contribution < -0.4 is 0 Å². The van der Waals surface area contributed by atoms with Gasteiger partial charge < -0.3 is 14.8 Å². The summed E-state index contributed by atoms with van der Waals surface area (Å²) in [6, 6.07) is 6.37. The van der Waals surface area contributed by atoms with Crippen LogP contribution in [0.1, 0.15) is 16.8 Å². The van der Waals surface area contributed by atoms with Crippen LogP contribution in [0.2, 0.25) is 0 Å². The van der Waals surface area contributed by atoms with Crippen LogP contribution in [0.5, 0.6) is 0 Å². The minimum atomic E-state index is 0.244. The molecule has 1 fully saturated rings. The number of rotatable bonds is 2. The van der Waals surface area contributed by atoms with E-state index in [1.165, 1.54) is 10.9 Å². The number of hydrogen-bond acceptors (Lipinski definition) is 2. The predicted octanol–water partition coefficient (Wildman–Crippen LogP) is 2.10. The molecule has 1 N–H and O–H groups in total. The zero-order chi connectivity index (χ0) is 15.0. The Morgan fingerprint density at radius 1 is 1.19 bits per heavy atom. The maximum Gasteiger partial charge on any atom is 0.227 e. The number of carbonyl (C=O) groups is 1. The molecule has 0 atom stereocenters. The molecule has 4 heteroatoms. The van der Waals surface area contributed by atoms with Gasteiger partial charge in [-0.05, 0) is 38.6 Å². The van der Waals surface area contributed by atoms with Gasteiger partial charge in [0.05, 0.1) is 6.42 Å². The van der Waals surface area contributed by atoms with E-state index in [1.54, 1.807) is 0 Å². The molecular formula is C17H23N3O. The summed E-state index contributed by atoms with van der Waals surface area (Å²) in [4.78, 5) is 20.2. The number of aromatic nitrogens is 1. The van der Waals surface area contributed by atoms with Crippen molar-refractivity contribution < 1.29 is 4.79 Å². The molecule has 4 nitrogen and oxygen atoms in total. The molecule has 112 valence electrons. The molecule has 1 aliphatic heterocycles. The third kappa shape index (κ3) is 2.81. The molecule has 0 unspecified atom stereocenters. The van der Waals surface area contributed by atoms with E-state index in [0.29, 0.717) is 6.42 Å². The number of aryl methyl sites for hydroxylation is 2. The van der Waals surface area contributed by atoms with E-state index in [4.69, 9.17) is 0 Å². The first-order chi connectivity index (χ1) is 10.0. The molecule has 1 saturated heterocycles. The lowest BCUT2D eigenvalue weighted by Gasteiger charge is -2.32. The second kappa shape index (κ2) is 5.53. The highest BCUT2D eigenvalue weighted by Gasteiger charge is 2.21. The van der Waals surface area contributed by atoms with Gasteiger partial charge in [-0.3, -0.25) is 4.79 Å². The fourth-order valence-electron chi connectivity index (χ4n) is 3.04. The van der Waals surface area contributed by atoms with Gasteiger partial charge in [-0.2, -0.15) is 0 Å². The maximum atomic E-state index is 12.5. The fraction of sp³-hybridized carbons (Fsp3) is 0.471.